The Bertz CT molecular complexity index is 363. The van der Waals surface area contributed by atoms with Crippen LogP contribution >= 0.6 is 0 Å². The van der Waals surface area contributed by atoms with Crippen LogP contribution in [0.15, 0.2) is 0 Å². The van der Waals surface area contributed by atoms with Gasteiger partial charge in [-0.2, -0.15) is 0 Å². The fraction of sp³-hybridized carbons (Fsp3) is 0.786. The highest BCUT2D eigenvalue weighted by Crippen LogP contribution is 2.00. The molecular formula is C14H28N4O4. The lowest BCUT2D eigenvalue weighted by Crippen LogP contribution is -2.39. The number of hydrogen-bond donors (Lipinski definition) is 5. The molecule has 0 aromatic heterocycles. The van der Waals surface area contributed by atoms with Crippen molar-refractivity contribution < 1.29 is 19.5 Å². The molecule has 128 valence electrons. The first-order valence-corrected chi connectivity index (χ1v) is 7.54. The van der Waals surface area contributed by atoms with Crippen molar-refractivity contribution in [2.45, 2.75) is 51.1 Å². The molecule has 0 spiro atoms. The number of primary amides is 1. The van der Waals surface area contributed by atoms with E-state index in [2.05, 4.69) is 16.0 Å². The van der Waals surface area contributed by atoms with E-state index in [-0.39, 0.29) is 23.9 Å². The van der Waals surface area contributed by atoms with Gasteiger partial charge in [-0.15, -0.1) is 0 Å². The number of amides is 3. The first-order valence-electron chi connectivity index (χ1n) is 7.54. The van der Waals surface area contributed by atoms with Crippen molar-refractivity contribution in [1.82, 2.24) is 16.0 Å². The number of carbonyl (C=O) groups is 3. The van der Waals surface area contributed by atoms with Gasteiger partial charge in [-0.1, -0.05) is 0 Å². The lowest BCUT2D eigenvalue weighted by molar-refractivity contribution is -0.125. The summed E-state index contributed by atoms with van der Waals surface area (Å²) in [4.78, 5) is 33.5. The average Bonchev–Trinajstić information content (AvgIpc) is 2.48. The van der Waals surface area contributed by atoms with Crippen LogP contribution in [0.1, 0.15) is 39.0 Å². The zero-order chi connectivity index (χ0) is 17.0. The Hall–Kier alpha value is -1.67. The summed E-state index contributed by atoms with van der Waals surface area (Å²) in [7, 11) is 1.69. The second-order valence-electron chi connectivity index (χ2n) is 5.25. The van der Waals surface area contributed by atoms with Crippen molar-refractivity contribution in [3.05, 3.63) is 0 Å². The lowest BCUT2D eigenvalue weighted by atomic mass is 10.1. The molecule has 0 fully saturated rings. The van der Waals surface area contributed by atoms with Gasteiger partial charge in [0, 0.05) is 19.0 Å². The molecule has 0 radical (unpaired) electrons. The van der Waals surface area contributed by atoms with Crippen molar-refractivity contribution in [3.63, 3.8) is 0 Å². The maximum absolute atomic E-state index is 11.6. The SMILES string of the molecule is CN[C@@H](CCCCNC(=O)CC[C@@H](C)NC(=O)CO)C(N)=O. The van der Waals surface area contributed by atoms with Crippen molar-refractivity contribution in [2.24, 2.45) is 5.73 Å². The van der Waals surface area contributed by atoms with E-state index < -0.39 is 12.5 Å². The van der Waals surface area contributed by atoms with Gasteiger partial charge in [0.25, 0.3) is 0 Å². The van der Waals surface area contributed by atoms with E-state index in [1.54, 1.807) is 14.0 Å². The molecule has 0 rings (SSSR count). The zero-order valence-corrected chi connectivity index (χ0v) is 13.4. The monoisotopic (exact) mass is 316 g/mol. The Labute approximate surface area is 131 Å². The molecule has 2 atom stereocenters. The van der Waals surface area contributed by atoms with Gasteiger partial charge in [0.05, 0.1) is 6.04 Å². The molecule has 6 N–H and O–H groups in total. The van der Waals surface area contributed by atoms with E-state index in [1.807, 2.05) is 0 Å². The highest BCUT2D eigenvalue weighted by Gasteiger charge is 2.12. The number of carbonyl (C=O) groups excluding carboxylic acids is 3. The Kier molecular flexibility index (Phi) is 11.0. The maximum Gasteiger partial charge on any atom is 0.245 e. The summed E-state index contributed by atoms with van der Waals surface area (Å²) in [5, 5.41) is 16.8. The number of nitrogens with two attached hydrogens (primary N) is 1. The predicted molar refractivity (Wildman–Crippen MR) is 82.8 cm³/mol. The Morgan fingerprint density at radius 1 is 1.14 bits per heavy atom. The molecule has 0 aliphatic heterocycles. The Morgan fingerprint density at radius 3 is 2.36 bits per heavy atom. The molecular weight excluding hydrogens is 288 g/mol. The highest BCUT2D eigenvalue weighted by molar-refractivity contribution is 5.79. The Balaban J connectivity index is 3.65. The van der Waals surface area contributed by atoms with Gasteiger partial charge in [0.2, 0.25) is 17.7 Å². The van der Waals surface area contributed by atoms with Crippen molar-refractivity contribution in [2.75, 3.05) is 20.2 Å². The number of likely N-dealkylation sites (N-methyl/N-ethyl adjacent to an activating group) is 1. The van der Waals surface area contributed by atoms with Crippen LogP contribution in [0.3, 0.4) is 0 Å². The van der Waals surface area contributed by atoms with E-state index in [9.17, 15) is 14.4 Å². The second-order valence-corrected chi connectivity index (χ2v) is 5.25. The number of hydrogen-bond acceptors (Lipinski definition) is 5. The van der Waals surface area contributed by atoms with Crippen molar-refractivity contribution in [3.8, 4) is 0 Å². The maximum atomic E-state index is 11.6. The third kappa shape index (κ3) is 10.1. The van der Waals surface area contributed by atoms with E-state index in [0.717, 1.165) is 12.8 Å². The summed E-state index contributed by atoms with van der Waals surface area (Å²) in [5.74, 6) is -0.892. The van der Waals surface area contributed by atoms with E-state index in [0.29, 0.717) is 25.8 Å². The van der Waals surface area contributed by atoms with Crippen molar-refractivity contribution >= 4 is 17.7 Å². The largest absolute Gasteiger partial charge is 0.387 e. The standard InChI is InChI=1S/C14H28N4O4/c1-10(18-13(21)9-19)6-7-12(20)17-8-4-3-5-11(16-2)14(15)22/h10-11,16,19H,3-9H2,1-2H3,(H2,15,22)(H,17,20)(H,18,21)/t10-,11+/m1/s1. The summed E-state index contributed by atoms with van der Waals surface area (Å²) >= 11 is 0. The Morgan fingerprint density at radius 2 is 1.82 bits per heavy atom. The zero-order valence-electron chi connectivity index (χ0n) is 13.4. The minimum Gasteiger partial charge on any atom is -0.387 e. The molecule has 0 heterocycles. The molecule has 8 heteroatoms. The minimum atomic E-state index is -0.546. The van der Waals surface area contributed by atoms with Gasteiger partial charge < -0.3 is 26.8 Å². The summed E-state index contributed by atoms with van der Waals surface area (Å²) in [6, 6.07) is -0.482. The third-order valence-electron chi connectivity index (χ3n) is 3.29. The first kappa shape index (κ1) is 20.3. The van der Waals surface area contributed by atoms with Crippen LogP contribution in [0.4, 0.5) is 0 Å². The summed E-state index contributed by atoms with van der Waals surface area (Å²) in [5.41, 5.74) is 5.21. The van der Waals surface area contributed by atoms with Crippen LogP contribution in [0.5, 0.6) is 0 Å². The number of aliphatic hydroxyl groups excluding tert-OH is 1. The van der Waals surface area contributed by atoms with Gasteiger partial charge >= 0.3 is 0 Å². The van der Waals surface area contributed by atoms with Gasteiger partial charge in [-0.25, -0.2) is 0 Å². The minimum absolute atomic E-state index is 0.0786. The van der Waals surface area contributed by atoms with Crippen molar-refractivity contribution in [1.29, 1.82) is 0 Å². The lowest BCUT2D eigenvalue weighted by Gasteiger charge is -2.13. The molecule has 22 heavy (non-hydrogen) atoms. The number of unbranched alkanes of at least 4 members (excludes halogenated alkanes) is 1. The van der Waals surface area contributed by atoms with Gasteiger partial charge in [0.15, 0.2) is 0 Å². The van der Waals surface area contributed by atoms with E-state index >= 15 is 0 Å². The van der Waals surface area contributed by atoms with Crippen LogP contribution in [0.2, 0.25) is 0 Å². The van der Waals surface area contributed by atoms with Gasteiger partial charge in [-0.3, -0.25) is 14.4 Å². The summed E-state index contributed by atoms with van der Waals surface area (Å²) in [6.45, 7) is 1.78. The molecule has 0 unspecified atom stereocenters. The molecule has 8 nitrogen and oxygen atoms in total. The van der Waals surface area contributed by atoms with E-state index in [1.165, 1.54) is 0 Å². The van der Waals surface area contributed by atoms with Crippen LogP contribution in [0, 0.1) is 0 Å². The molecule has 3 amide bonds. The molecule has 0 aliphatic rings. The van der Waals surface area contributed by atoms with Crippen LogP contribution < -0.4 is 21.7 Å². The number of aliphatic hydroxyl groups is 1. The quantitative estimate of drug-likeness (QED) is 0.283. The number of rotatable bonds is 12. The third-order valence-corrected chi connectivity index (χ3v) is 3.29. The fourth-order valence-corrected chi connectivity index (χ4v) is 1.96. The summed E-state index contributed by atoms with van der Waals surface area (Å²) in [6.07, 6.45) is 3.03. The molecule has 0 aromatic carbocycles. The highest BCUT2D eigenvalue weighted by atomic mass is 16.3. The van der Waals surface area contributed by atoms with Crippen LogP contribution in [-0.2, 0) is 14.4 Å². The smallest absolute Gasteiger partial charge is 0.245 e. The van der Waals surface area contributed by atoms with Gasteiger partial charge in [-0.05, 0) is 39.7 Å². The molecule has 0 saturated heterocycles. The van der Waals surface area contributed by atoms with Crippen LogP contribution in [0.25, 0.3) is 0 Å². The molecule has 0 saturated carbocycles. The summed E-state index contributed by atoms with van der Waals surface area (Å²) < 4.78 is 0. The van der Waals surface area contributed by atoms with Gasteiger partial charge in [0.1, 0.15) is 6.61 Å². The predicted octanol–water partition coefficient (Wildman–Crippen LogP) is -1.38. The average molecular weight is 316 g/mol. The molecule has 0 aromatic rings. The normalized spacial score (nSPS) is 13.2. The van der Waals surface area contributed by atoms with Crippen LogP contribution in [-0.4, -0.2) is 55.1 Å². The molecule has 0 aliphatic carbocycles. The second kappa shape index (κ2) is 11.9. The fourth-order valence-electron chi connectivity index (χ4n) is 1.96. The van der Waals surface area contributed by atoms with E-state index in [4.69, 9.17) is 10.8 Å². The topological polar surface area (TPSA) is 134 Å². The molecule has 0 bridgehead atoms. The number of nitrogens with one attached hydrogen (secondary N) is 3. The first-order chi connectivity index (χ1) is 10.4.